The number of nitrogens with one attached hydrogen (secondary N) is 2. The number of amides is 1. The Balaban J connectivity index is 1.76. The summed E-state index contributed by atoms with van der Waals surface area (Å²) in [4.78, 5) is 28.0. The molecule has 1 aliphatic heterocycles. The summed E-state index contributed by atoms with van der Waals surface area (Å²) < 4.78 is 0. The van der Waals surface area contributed by atoms with Crippen LogP contribution in [0, 0.1) is 0 Å². The van der Waals surface area contributed by atoms with Crippen LogP contribution >= 0.6 is 0 Å². The van der Waals surface area contributed by atoms with Crippen LogP contribution in [0.1, 0.15) is 16.2 Å². The monoisotopic (exact) mass is 291 g/mol. The highest BCUT2D eigenvalue weighted by Gasteiger charge is 2.21. The number of aromatic amines is 1. The van der Waals surface area contributed by atoms with Gasteiger partial charge in [-0.1, -0.05) is 0 Å². The van der Waals surface area contributed by atoms with Gasteiger partial charge in [0, 0.05) is 48.4 Å². The lowest BCUT2D eigenvalue weighted by Crippen LogP contribution is -2.31. The molecule has 4 heterocycles. The zero-order chi connectivity index (χ0) is 14.9. The predicted molar refractivity (Wildman–Crippen MR) is 81.1 cm³/mol. The van der Waals surface area contributed by atoms with Crippen LogP contribution in [0.5, 0.6) is 0 Å². The fourth-order valence-corrected chi connectivity index (χ4v) is 2.55. The summed E-state index contributed by atoms with van der Waals surface area (Å²) in [6.07, 6.45) is 6.01. The molecule has 0 aliphatic carbocycles. The van der Waals surface area contributed by atoms with Gasteiger partial charge in [0.15, 0.2) is 0 Å². The number of rotatable bonds is 2. The van der Waals surface area contributed by atoms with Crippen LogP contribution in [-0.4, -0.2) is 32.4 Å². The Hall–Kier alpha value is -3.02. The van der Waals surface area contributed by atoms with Crippen molar-refractivity contribution in [2.45, 2.75) is 6.42 Å². The van der Waals surface area contributed by atoms with Crippen molar-refractivity contribution < 1.29 is 4.79 Å². The number of H-pyrrole nitrogens is 1. The Kier molecular flexibility index (Phi) is 2.93. The first-order valence-corrected chi connectivity index (χ1v) is 7.05. The van der Waals surface area contributed by atoms with Gasteiger partial charge in [0.1, 0.15) is 11.5 Å². The average molecular weight is 291 g/mol. The molecule has 1 aliphatic rings. The quantitative estimate of drug-likeness (QED) is 0.754. The third-order valence-corrected chi connectivity index (χ3v) is 3.65. The summed E-state index contributed by atoms with van der Waals surface area (Å²) >= 11 is 0. The fraction of sp³-hybridized carbons (Fsp3) is 0.125. The Labute approximate surface area is 126 Å². The van der Waals surface area contributed by atoms with Crippen molar-refractivity contribution >= 4 is 5.91 Å². The summed E-state index contributed by atoms with van der Waals surface area (Å²) in [7, 11) is 0. The second-order valence-corrected chi connectivity index (χ2v) is 5.09. The molecular weight excluding hydrogens is 278 g/mol. The lowest BCUT2D eigenvalue weighted by atomic mass is 10.1. The lowest BCUT2D eigenvalue weighted by molar-refractivity contribution is 0.0941. The van der Waals surface area contributed by atoms with Crippen molar-refractivity contribution in [3.8, 4) is 22.6 Å². The molecule has 0 bridgehead atoms. The molecule has 108 valence electrons. The van der Waals surface area contributed by atoms with Gasteiger partial charge < -0.3 is 10.3 Å². The van der Waals surface area contributed by atoms with Crippen LogP contribution in [0.4, 0.5) is 0 Å². The van der Waals surface area contributed by atoms with E-state index in [-0.39, 0.29) is 5.91 Å². The highest BCUT2D eigenvalue weighted by atomic mass is 16.1. The molecular formula is C16H13N5O. The molecule has 4 rings (SSSR count). The van der Waals surface area contributed by atoms with Gasteiger partial charge in [0.2, 0.25) is 0 Å². The van der Waals surface area contributed by atoms with E-state index in [1.54, 1.807) is 18.6 Å². The van der Waals surface area contributed by atoms with Gasteiger partial charge in [-0.2, -0.15) is 0 Å². The van der Waals surface area contributed by atoms with Crippen molar-refractivity contribution in [3.63, 3.8) is 0 Å². The van der Waals surface area contributed by atoms with Gasteiger partial charge in [-0.3, -0.25) is 14.8 Å². The first-order chi connectivity index (χ1) is 10.8. The van der Waals surface area contributed by atoms with E-state index in [1.165, 1.54) is 0 Å². The SMILES string of the molecule is O=C1NCCc2[nH]c(-c3ccnc(-c4cccnc4)c3)nc21. The molecule has 0 spiro atoms. The van der Waals surface area contributed by atoms with Crippen molar-refractivity contribution in [2.75, 3.05) is 6.54 Å². The summed E-state index contributed by atoms with van der Waals surface area (Å²) in [6.45, 7) is 0.644. The van der Waals surface area contributed by atoms with Crippen molar-refractivity contribution in [1.82, 2.24) is 25.3 Å². The van der Waals surface area contributed by atoms with E-state index in [2.05, 4.69) is 25.3 Å². The summed E-state index contributed by atoms with van der Waals surface area (Å²) in [6, 6.07) is 7.65. The van der Waals surface area contributed by atoms with Gasteiger partial charge in [-0.25, -0.2) is 4.98 Å². The van der Waals surface area contributed by atoms with Crippen LogP contribution in [0.15, 0.2) is 42.9 Å². The maximum Gasteiger partial charge on any atom is 0.271 e. The number of carbonyl (C=O) groups excluding carboxylic acids is 1. The second-order valence-electron chi connectivity index (χ2n) is 5.09. The topological polar surface area (TPSA) is 83.6 Å². The van der Waals surface area contributed by atoms with E-state index < -0.39 is 0 Å². The number of pyridine rings is 2. The van der Waals surface area contributed by atoms with Crippen LogP contribution in [-0.2, 0) is 6.42 Å². The van der Waals surface area contributed by atoms with Crippen molar-refractivity contribution in [3.05, 3.63) is 54.2 Å². The number of carbonyl (C=O) groups is 1. The minimum absolute atomic E-state index is 0.120. The first kappa shape index (κ1) is 12.7. The van der Waals surface area contributed by atoms with Gasteiger partial charge in [-0.05, 0) is 24.3 Å². The largest absolute Gasteiger partial charge is 0.350 e. The minimum atomic E-state index is -0.120. The highest BCUT2D eigenvalue weighted by Crippen LogP contribution is 2.24. The molecule has 3 aromatic rings. The standard InChI is InChI=1S/C16H13N5O/c22-16-14-12(4-7-19-16)20-15(21-14)10-3-6-18-13(8-10)11-2-1-5-17-9-11/h1-3,5-6,8-9H,4,7H2,(H,19,22)(H,20,21). The van der Waals surface area contributed by atoms with Crippen LogP contribution in [0.3, 0.4) is 0 Å². The Morgan fingerprint density at radius 3 is 2.91 bits per heavy atom. The molecule has 0 saturated carbocycles. The Morgan fingerprint density at radius 2 is 2.09 bits per heavy atom. The molecule has 0 radical (unpaired) electrons. The second kappa shape index (κ2) is 5.07. The summed E-state index contributed by atoms with van der Waals surface area (Å²) in [5.41, 5.74) is 4.04. The van der Waals surface area contributed by atoms with Crippen LogP contribution in [0.25, 0.3) is 22.6 Å². The zero-order valence-corrected chi connectivity index (χ0v) is 11.7. The molecule has 0 fully saturated rings. The number of hydrogen-bond donors (Lipinski definition) is 2. The molecule has 0 saturated heterocycles. The minimum Gasteiger partial charge on any atom is -0.350 e. The Morgan fingerprint density at radius 1 is 1.14 bits per heavy atom. The molecule has 0 unspecified atom stereocenters. The third kappa shape index (κ3) is 2.14. The summed E-state index contributed by atoms with van der Waals surface area (Å²) in [5, 5.41) is 2.80. The van der Waals surface area contributed by atoms with Gasteiger partial charge in [0.25, 0.3) is 5.91 Å². The number of aromatic nitrogens is 4. The molecule has 6 nitrogen and oxygen atoms in total. The molecule has 2 N–H and O–H groups in total. The van der Waals surface area contributed by atoms with Gasteiger partial charge >= 0.3 is 0 Å². The molecule has 3 aromatic heterocycles. The average Bonchev–Trinajstić information content (AvgIpc) is 3.02. The maximum absolute atomic E-state index is 11.8. The normalized spacial score (nSPS) is 13.5. The molecule has 1 amide bonds. The van der Waals surface area contributed by atoms with E-state index in [9.17, 15) is 4.79 Å². The fourth-order valence-electron chi connectivity index (χ4n) is 2.55. The van der Waals surface area contributed by atoms with Gasteiger partial charge in [0.05, 0.1) is 5.69 Å². The first-order valence-electron chi connectivity index (χ1n) is 7.05. The summed E-state index contributed by atoms with van der Waals surface area (Å²) in [5.74, 6) is 0.569. The maximum atomic E-state index is 11.8. The zero-order valence-electron chi connectivity index (χ0n) is 11.7. The third-order valence-electron chi connectivity index (χ3n) is 3.65. The molecule has 0 atom stereocenters. The van der Waals surface area contributed by atoms with Crippen LogP contribution < -0.4 is 5.32 Å². The lowest BCUT2D eigenvalue weighted by Gasteiger charge is -2.09. The smallest absolute Gasteiger partial charge is 0.271 e. The van der Waals surface area contributed by atoms with Gasteiger partial charge in [-0.15, -0.1) is 0 Å². The Bertz CT molecular complexity index is 841. The van der Waals surface area contributed by atoms with E-state index >= 15 is 0 Å². The van der Waals surface area contributed by atoms with E-state index in [1.807, 2.05) is 24.3 Å². The predicted octanol–water partition coefficient (Wildman–Crippen LogP) is 1.82. The van der Waals surface area contributed by atoms with Crippen molar-refractivity contribution in [2.24, 2.45) is 0 Å². The number of fused-ring (bicyclic) bond motifs is 1. The van der Waals surface area contributed by atoms with E-state index in [4.69, 9.17) is 0 Å². The van der Waals surface area contributed by atoms with Crippen molar-refractivity contribution in [1.29, 1.82) is 0 Å². The molecule has 22 heavy (non-hydrogen) atoms. The molecule has 0 aromatic carbocycles. The van der Waals surface area contributed by atoms with Crippen LogP contribution in [0.2, 0.25) is 0 Å². The number of hydrogen-bond acceptors (Lipinski definition) is 4. The van der Waals surface area contributed by atoms with E-state index in [0.29, 0.717) is 18.1 Å². The number of imidazole rings is 1. The molecule has 6 heteroatoms. The number of nitrogens with zero attached hydrogens (tertiary/aromatic N) is 3. The van der Waals surface area contributed by atoms with E-state index in [0.717, 1.165) is 28.9 Å². The highest BCUT2D eigenvalue weighted by molar-refractivity contribution is 5.95.